The monoisotopic (exact) mass is 327 g/mol. The number of thiophene rings is 1. The number of nitrogens with one attached hydrogen (secondary N) is 1. The van der Waals surface area contributed by atoms with Gasteiger partial charge in [-0.3, -0.25) is 0 Å². The maximum Gasteiger partial charge on any atom is 0.106 e. The molecule has 18 heavy (non-hydrogen) atoms. The van der Waals surface area contributed by atoms with E-state index in [-0.39, 0.29) is 6.04 Å². The molecule has 0 aromatic carbocycles. The molecule has 0 amide bonds. The topological polar surface area (TPSA) is 25.2 Å². The van der Waals surface area contributed by atoms with Crippen molar-refractivity contribution in [3.8, 4) is 0 Å². The van der Waals surface area contributed by atoms with Gasteiger partial charge < -0.3 is 9.73 Å². The Morgan fingerprint density at radius 3 is 2.50 bits per heavy atom. The fourth-order valence-electron chi connectivity index (χ4n) is 2.13. The molecule has 0 aliphatic rings. The van der Waals surface area contributed by atoms with E-state index in [2.05, 4.69) is 47.2 Å². The Hall–Kier alpha value is -0.580. The first-order valence-electron chi connectivity index (χ1n) is 6.09. The van der Waals surface area contributed by atoms with Crippen molar-refractivity contribution in [1.82, 2.24) is 5.32 Å². The first-order valence-corrected chi connectivity index (χ1v) is 7.70. The zero-order chi connectivity index (χ0) is 13.3. The standard InChI is InChI=1S/C14H18BrNOS/c1-5-16-13(11-7-9(3)17-10(11)4)12-6-8(2)14(15)18-12/h6-7,13,16H,5H2,1-4H3. The van der Waals surface area contributed by atoms with Gasteiger partial charge in [0.15, 0.2) is 0 Å². The van der Waals surface area contributed by atoms with Gasteiger partial charge in [-0.05, 0) is 60.9 Å². The third-order valence-electron chi connectivity index (χ3n) is 2.96. The molecule has 2 aromatic rings. The number of hydrogen-bond acceptors (Lipinski definition) is 3. The lowest BCUT2D eigenvalue weighted by Gasteiger charge is -2.15. The lowest BCUT2D eigenvalue weighted by molar-refractivity contribution is 0.495. The summed E-state index contributed by atoms with van der Waals surface area (Å²) in [5.74, 6) is 1.97. The van der Waals surface area contributed by atoms with E-state index >= 15 is 0 Å². The Labute approximate surface area is 121 Å². The van der Waals surface area contributed by atoms with Gasteiger partial charge in [-0.25, -0.2) is 0 Å². The van der Waals surface area contributed by atoms with Crippen LogP contribution in [0.4, 0.5) is 0 Å². The van der Waals surface area contributed by atoms with Crippen molar-refractivity contribution < 1.29 is 4.42 Å². The fourth-order valence-corrected chi connectivity index (χ4v) is 3.80. The molecule has 0 aliphatic carbocycles. The third-order valence-corrected chi connectivity index (χ3v) is 5.16. The summed E-state index contributed by atoms with van der Waals surface area (Å²) in [6.07, 6.45) is 0. The van der Waals surface area contributed by atoms with Crippen molar-refractivity contribution in [1.29, 1.82) is 0 Å². The fraction of sp³-hybridized carbons (Fsp3) is 0.429. The van der Waals surface area contributed by atoms with E-state index in [1.807, 2.05) is 13.8 Å². The van der Waals surface area contributed by atoms with Crippen molar-refractivity contribution in [2.45, 2.75) is 33.7 Å². The molecule has 2 aromatic heterocycles. The van der Waals surface area contributed by atoms with Crippen LogP contribution in [0.5, 0.6) is 0 Å². The quantitative estimate of drug-likeness (QED) is 0.878. The largest absolute Gasteiger partial charge is 0.466 e. The normalized spacial score (nSPS) is 12.9. The Bertz CT molecular complexity index is 524. The average molecular weight is 328 g/mol. The maximum absolute atomic E-state index is 5.65. The number of halogens is 1. The first kappa shape index (κ1) is 13.8. The predicted octanol–water partition coefficient (Wildman–Crippen LogP) is 4.73. The van der Waals surface area contributed by atoms with E-state index in [1.54, 1.807) is 11.3 Å². The molecule has 2 nitrogen and oxygen atoms in total. The van der Waals surface area contributed by atoms with Crippen molar-refractivity contribution in [3.05, 3.63) is 43.4 Å². The van der Waals surface area contributed by atoms with Gasteiger partial charge in [0.05, 0.1) is 9.83 Å². The van der Waals surface area contributed by atoms with Gasteiger partial charge in [-0.2, -0.15) is 0 Å². The average Bonchev–Trinajstić information content (AvgIpc) is 2.79. The first-order chi connectivity index (χ1) is 8.52. The highest BCUT2D eigenvalue weighted by Crippen LogP contribution is 2.36. The lowest BCUT2D eigenvalue weighted by Crippen LogP contribution is -2.21. The molecule has 0 bridgehead atoms. The van der Waals surface area contributed by atoms with Crippen LogP contribution in [0.1, 0.15) is 40.5 Å². The maximum atomic E-state index is 5.65. The second-order valence-electron chi connectivity index (χ2n) is 4.46. The van der Waals surface area contributed by atoms with E-state index < -0.39 is 0 Å². The van der Waals surface area contributed by atoms with Gasteiger partial charge in [0, 0.05) is 10.4 Å². The van der Waals surface area contributed by atoms with Crippen molar-refractivity contribution in [2.75, 3.05) is 6.54 Å². The molecule has 0 spiro atoms. The summed E-state index contributed by atoms with van der Waals surface area (Å²) >= 11 is 5.39. The van der Waals surface area contributed by atoms with Gasteiger partial charge >= 0.3 is 0 Å². The van der Waals surface area contributed by atoms with Crippen LogP contribution in [-0.4, -0.2) is 6.54 Å². The van der Waals surface area contributed by atoms with Crippen molar-refractivity contribution >= 4 is 27.3 Å². The molecule has 98 valence electrons. The van der Waals surface area contributed by atoms with E-state index in [0.29, 0.717) is 0 Å². The molecule has 1 N–H and O–H groups in total. The van der Waals surface area contributed by atoms with Crippen LogP contribution in [0, 0.1) is 20.8 Å². The summed E-state index contributed by atoms with van der Waals surface area (Å²) in [7, 11) is 0. The predicted molar refractivity (Wildman–Crippen MR) is 80.5 cm³/mol. The highest BCUT2D eigenvalue weighted by molar-refractivity contribution is 9.11. The number of rotatable bonds is 4. The minimum absolute atomic E-state index is 0.224. The summed E-state index contributed by atoms with van der Waals surface area (Å²) in [5, 5.41) is 3.54. The zero-order valence-electron chi connectivity index (χ0n) is 11.1. The molecule has 2 heterocycles. The van der Waals surface area contributed by atoms with Crippen LogP contribution < -0.4 is 5.32 Å². The van der Waals surface area contributed by atoms with Crippen molar-refractivity contribution in [2.24, 2.45) is 0 Å². The molecule has 0 aliphatic heterocycles. The molecule has 0 radical (unpaired) electrons. The summed E-state index contributed by atoms with van der Waals surface area (Å²) in [4.78, 5) is 1.32. The van der Waals surface area contributed by atoms with E-state index in [9.17, 15) is 0 Å². The number of aryl methyl sites for hydroxylation is 3. The Kier molecular flexibility index (Phi) is 4.30. The van der Waals surface area contributed by atoms with Gasteiger partial charge in [0.1, 0.15) is 11.5 Å². The molecule has 0 saturated carbocycles. The Balaban J connectivity index is 2.42. The minimum Gasteiger partial charge on any atom is -0.466 e. The molecule has 0 saturated heterocycles. The van der Waals surface area contributed by atoms with E-state index in [4.69, 9.17) is 4.42 Å². The van der Waals surface area contributed by atoms with Crippen molar-refractivity contribution in [3.63, 3.8) is 0 Å². The van der Waals surface area contributed by atoms with Crippen LogP contribution >= 0.6 is 27.3 Å². The molecule has 0 fully saturated rings. The molecule has 2 rings (SSSR count). The minimum atomic E-state index is 0.224. The summed E-state index contributed by atoms with van der Waals surface area (Å²) in [5.41, 5.74) is 2.53. The van der Waals surface area contributed by atoms with Crippen LogP contribution in [0.3, 0.4) is 0 Å². The number of hydrogen-bond donors (Lipinski definition) is 1. The highest BCUT2D eigenvalue weighted by atomic mass is 79.9. The summed E-state index contributed by atoms with van der Waals surface area (Å²) < 4.78 is 6.86. The number of furan rings is 1. The smallest absolute Gasteiger partial charge is 0.106 e. The second-order valence-corrected chi connectivity index (χ2v) is 6.87. The molecule has 4 heteroatoms. The second kappa shape index (κ2) is 5.59. The van der Waals surface area contributed by atoms with Crippen LogP contribution in [0.25, 0.3) is 0 Å². The van der Waals surface area contributed by atoms with Gasteiger partial charge in [-0.1, -0.05) is 6.92 Å². The van der Waals surface area contributed by atoms with Gasteiger partial charge in [0.2, 0.25) is 0 Å². The Morgan fingerprint density at radius 1 is 1.33 bits per heavy atom. The van der Waals surface area contributed by atoms with Gasteiger partial charge in [-0.15, -0.1) is 11.3 Å². The molecular weight excluding hydrogens is 310 g/mol. The molecular formula is C14H18BrNOS. The summed E-state index contributed by atoms with van der Waals surface area (Å²) in [6.45, 7) is 9.21. The van der Waals surface area contributed by atoms with E-state index in [0.717, 1.165) is 18.1 Å². The van der Waals surface area contributed by atoms with Crippen LogP contribution in [0.2, 0.25) is 0 Å². The van der Waals surface area contributed by atoms with Crippen LogP contribution in [0.15, 0.2) is 20.3 Å². The van der Waals surface area contributed by atoms with E-state index in [1.165, 1.54) is 19.8 Å². The van der Waals surface area contributed by atoms with Crippen LogP contribution in [-0.2, 0) is 0 Å². The summed E-state index contributed by atoms with van der Waals surface area (Å²) in [6, 6.07) is 4.59. The van der Waals surface area contributed by atoms with Gasteiger partial charge in [0.25, 0.3) is 0 Å². The highest BCUT2D eigenvalue weighted by Gasteiger charge is 2.20. The third kappa shape index (κ3) is 2.71. The molecule has 1 unspecified atom stereocenters. The SMILES string of the molecule is CCNC(c1cc(C)c(Br)s1)c1cc(C)oc1C. The lowest BCUT2D eigenvalue weighted by atomic mass is 10.1. The zero-order valence-corrected chi connectivity index (χ0v) is 13.5. The Morgan fingerprint density at radius 2 is 2.06 bits per heavy atom. The molecule has 1 atom stereocenters.